The van der Waals surface area contributed by atoms with Gasteiger partial charge in [0.05, 0.1) is 25.0 Å². The number of carbonyl (C=O) groups excluding carboxylic acids is 1. The zero-order valence-corrected chi connectivity index (χ0v) is 12.2. The second-order valence-corrected chi connectivity index (χ2v) is 5.18. The van der Waals surface area contributed by atoms with Crippen molar-refractivity contribution < 1.29 is 9.53 Å². The van der Waals surface area contributed by atoms with Crippen LogP contribution in [0.4, 0.5) is 11.4 Å². The van der Waals surface area contributed by atoms with Crippen LogP contribution in [0.2, 0.25) is 0 Å². The van der Waals surface area contributed by atoms with E-state index in [9.17, 15) is 4.79 Å². The van der Waals surface area contributed by atoms with Crippen LogP contribution in [0.25, 0.3) is 0 Å². The third-order valence-electron chi connectivity index (χ3n) is 3.85. The molecule has 2 rings (SSSR count). The second-order valence-electron chi connectivity index (χ2n) is 5.18. The van der Waals surface area contributed by atoms with Crippen LogP contribution in [0.1, 0.15) is 26.2 Å². The number of likely N-dealkylation sites (tertiary alicyclic amines) is 1. The Kier molecular flexibility index (Phi) is 4.84. The van der Waals surface area contributed by atoms with Crippen molar-refractivity contribution in [2.24, 2.45) is 0 Å². The van der Waals surface area contributed by atoms with E-state index in [2.05, 4.69) is 17.1 Å². The van der Waals surface area contributed by atoms with Gasteiger partial charge in [-0.2, -0.15) is 0 Å². The van der Waals surface area contributed by atoms with Crippen molar-refractivity contribution >= 4 is 17.3 Å². The molecule has 1 aliphatic rings. The maximum absolute atomic E-state index is 12.1. The van der Waals surface area contributed by atoms with E-state index in [0.29, 0.717) is 29.7 Å². The van der Waals surface area contributed by atoms with Crippen molar-refractivity contribution in [3.05, 3.63) is 18.2 Å². The van der Waals surface area contributed by atoms with Gasteiger partial charge in [-0.1, -0.05) is 6.92 Å². The molecule has 110 valence electrons. The number of rotatable bonds is 5. The van der Waals surface area contributed by atoms with Gasteiger partial charge in [-0.25, -0.2) is 0 Å². The van der Waals surface area contributed by atoms with Gasteiger partial charge in [0.1, 0.15) is 5.75 Å². The predicted octanol–water partition coefficient (Wildman–Crippen LogP) is 2.09. The standard InChI is InChI=1S/C15H23N3O2/c1-3-11-5-4-8-18(11)10-15(19)17-14-7-6-12(20-2)9-13(14)16/h6-7,9,11H,3-5,8,10,16H2,1-2H3,(H,17,19). The normalized spacial score (nSPS) is 19.0. The number of nitrogens with one attached hydrogen (secondary N) is 1. The molecule has 1 aliphatic heterocycles. The van der Waals surface area contributed by atoms with Crippen LogP contribution in [0.5, 0.6) is 5.75 Å². The Morgan fingerprint density at radius 3 is 3.00 bits per heavy atom. The Morgan fingerprint density at radius 1 is 1.55 bits per heavy atom. The molecule has 0 saturated carbocycles. The fourth-order valence-electron chi connectivity index (χ4n) is 2.72. The van der Waals surface area contributed by atoms with Crippen molar-refractivity contribution in [1.29, 1.82) is 0 Å². The van der Waals surface area contributed by atoms with Gasteiger partial charge in [-0.05, 0) is 37.9 Å². The summed E-state index contributed by atoms with van der Waals surface area (Å²) in [6.07, 6.45) is 3.46. The summed E-state index contributed by atoms with van der Waals surface area (Å²) in [5, 5.41) is 2.87. The number of nitrogen functional groups attached to an aromatic ring is 1. The first-order valence-corrected chi connectivity index (χ1v) is 7.11. The van der Waals surface area contributed by atoms with Gasteiger partial charge in [-0.3, -0.25) is 9.69 Å². The minimum atomic E-state index is -0.0118. The monoisotopic (exact) mass is 277 g/mol. The lowest BCUT2D eigenvalue weighted by molar-refractivity contribution is -0.117. The molecule has 3 N–H and O–H groups in total. The van der Waals surface area contributed by atoms with Crippen molar-refractivity contribution in [3.8, 4) is 5.75 Å². The molecule has 1 saturated heterocycles. The quantitative estimate of drug-likeness (QED) is 0.809. The molecule has 0 aliphatic carbocycles. The zero-order valence-electron chi connectivity index (χ0n) is 12.2. The molecule has 1 fully saturated rings. The average molecular weight is 277 g/mol. The Bertz CT molecular complexity index is 476. The van der Waals surface area contributed by atoms with Crippen molar-refractivity contribution in [1.82, 2.24) is 4.90 Å². The molecule has 1 aromatic rings. The molecule has 1 amide bonds. The molecule has 1 aromatic carbocycles. The minimum Gasteiger partial charge on any atom is -0.497 e. The fraction of sp³-hybridized carbons (Fsp3) is 0.533. The van der Waals surface area contributed by atoms with Crippen molar-refractivity contribution in [2.75, 3.05) is 31.2 Å². The van der Waals surface area contributed by atoms with Gasteiger partial charge < -0.3 is 15.8 Å². The van der Waals surface area contributed by atoms with E-state index < -0.39 is 0 Å². The summed E-state index contributed by atoms with van der Waals surface area (Å²) in [4.78, 5) is 14.3. The predicted molar refractivity (Wildman–Crippen MR) is 80.9 cm³/mol. The van der Waals surface area contributed by atoms with E-state index in [1.807, 2.05) is 0 Å². The highest BCUT2D eigenvalue weighted by molar-refractivity contribution is 5.95. The van der Waals surface area contributed by atoms with Gasteiger partial charge in [-0.15, -0.1) is 0 Å². The van der Waals surface area contributed by atoms with E-state index in [0.717, 1.165) is 13.0 Å². The van der Waals surface area contributed by atoms with Crippen LogP contribution < -0.4 is 15.8 Å². The summed E-state index contributed by atoms with van der Waals surface area (Å²) in [7, 11) is 1.59. The highest BCUT2D eigenvalue weighted by Crippen LogP contribution is 2.24. The molecule has 1 heterocycles. The van der Waals surface area contributed by atoms with Crippen LogP contribution in [-0.4, -0.2) is 37.0 Å². The van der Waals surface area contributed by atoms with Gasteiger partial charge in [0.25, 0.3) is 0 Å². The van der Waals surface area contributed by atoms with Crippen LogP contribution in [0.3, 0.4) is 0 Å². The zero-order chi connectivity index (χ0) is 14.5. The largest absolute Gasteiger partial charge is 0.497 e. The first-order chi connectivity index (χ1) is 9.63. The number of carbonyl (C=O) groups is 1. The van der Waals surface area contributed by atoms with Crippen LogP contribution in [-0.2, 0) is 4.79 Å². The maximum atomic E-state index is 12.1. The Hall–Kier alpha value is -1.75. The molecule has 1 atom stereocenters. The highest BCUT2D eigenvalue weighted by Gasteiger charge is 2.24. The first-order valence-electron chi connectivity index (χ1n) is 7.11. The summed E-state index contributed by atoms with van der Waals surface area (Å²) < 4.78 is 5.09. The van der Waals surface area contributed by atoms with Crippen LogP contribution in [0.15, 0.2) is 18.2 Å². The van der Waals surface area contributed by atoms with E-state index in [-0.39, 0.29) is 5.91 Å². The summed E-state index contributed by atoms with van der Waals surface area (Å²) in [5.41, 5.74) is 7.06. The number of hydrogen-bond acceptors (Lipinski definition) is 4. The Labute approximate surface area is 120 Å². The second kappa shape index (κ2) is 6.61. The fourth-order valence-corrected chi connectivity index (χ4v) is 2.72. The van der Waals surface area contributed by atoms with Gasteiger partial charge >= 0.3 is 0 Å². The van der Waals surface area contributed by atoms with Crippen molar-refractivity contribution in [2.45, 2.75) is 32.2 Å². The number of benzene rings is 1. The molecule has 0 radical (unpaired) electrons. The molecule has 0 bridgehead atoms. The number of nitrogens with zero attached hydrogens (tertiary/aromatic N) is 1. The third-order valence-corrected chi connectivity index (χ3v) is 3.85. The Morgan fingerprint density at radius 2 is 2.35 bits per heavy atom. The number of nitrogens with two attached hydrogens (primary N) is 1. The lowest BCUT2D eigenvalue weighted by Gasteiger charge is -2.22. The Balaban J connectivity index is 1.94. The lowest BCUT2D eigenvalue weighted by Crippen LogP contribution is -2.36. The van der Waals surface area contributed by atoms with Crippen LogP contribution >= 0.6 is 0 Å². The molecule has 5 nitrogen and oxygen atoms in total. The van der Waals surface area contributed by atoms with Gasteiger partial charge in [0.2, 0.25) is 5.91 Å². The van der Waals surface area contributed by atoms with Gasteiger partial charge in [0, 0.05) is 12.1 Å². The summed E-state index contributed by atoms with van der Waals surface area (Å²) >= 11 is 0. The lowest BCUT2D eigenvalue weighted by atomic mass is 10.2. The summed E-state index contributed by atoms with van der Waals surface area (Å²) in [6.45, 7) is 3.61. The molecule has 1 unspecified atom stereocenters. The van der Waals surface area contributed by atoms with Gasteiger partial charge in [0.15, 0.2) is 0 Å². The van der Waals surface area contributed by atoms with Crippen molar-refractivity contribution in [3.63, 3.8) is 0 Å². The number of anilines is 2. The SMILES string of the molecule is CCC1CCCN1CC(=O)Nc1ccc(OC)cc1N. The van der Waals surface area contributed by atoms with E-state index >= 15 is 0 Å². The number of amides is 1. The third kappa shape index (κ3) is 3.42. The summed E-state index contributed by atoms with van der Waals surface area (Å²) in [6, 6.07) is 5.80. The molecular formula is C15H23N3O2. The molecule has 0 aromatic heterocycles. The first kappa shape index (κ1) is 14.7. The van der Waals surface area contributed by atoms with E-state index in [4.69, 9.17) is 10.5 Å². The number of ether oxygens (including phenoxy) is 1. The molecule has 0 spiro atoms. The smallest absolute Gasteiger partial charge is 0.238 e. The van der Waals surface area contributed by atoms with E-state index in [1.165, 1.54) is 12.8 Å². The maximum Gasteiger partial charge on any atom is 0.238 e. The average Bonchev–Trinajstić information content (AvgIpc) is 2.88. The number of hydrogen-bond donors (Lipinski definition) is 2. The van der Waals surface area contributed by atoms with Crippen LogP contribution in [0, 0.1) is 0 Å². The molecule has 20 heavy (non-hydrogen) atoms. The molecule has 5 heteroatoms. The highest BCUT2D eigenvalue weighted by atomic mass is 16.5. The minimum absolute atomic E-state index is 0.0118. The summed E-state index contributed by atoms with van der Waals surface area (Å²) in [5.74, 6) is 0.674. The molecular weight excluding hydrogens is 254 g/mol. The number of methoxy groups -OCH3 is 1. The topological polar surface area (TPSA) is 67.6 Å². The van der Waals surface area contributed by atoms with E-state index in [1.54, 1.807) is 25.3 Å².